The van der Waals surface area contributed by atoms with Gasteiger partial charge in [0.05, 0.1) is 11.9 Å². The maximum atomic E-state index is 12.2. The number of nitrogens with one attached hydrogen (secondary N) is 1. The highest BCUT2D eigenvalue weighted by atomic mass is 32.2. The van der Waals surface area contributed by atoms with Gasteiger partial charge in [0.25, 0.3) is 0 Å². The molecule has 150 valence electrons. The first-order chi connectivity index (χ1) is 13.2. The summed E-state index contributed by atoms with van der Waals surface area (Å²) < 4.78 is 69.4. The quantitative estimate of drug-likeness (QED) is 0.773. The lowest BCUT2D eigenvalue weighted by Gasteiger charge is -2.11. The van der Waals surface area contributed by atoms with Crippen molar-refractivity contribution in [3.63, 3.8) is 0 Å². The summed E-state index contributed by atoms with van der Waals surface area (Å²) in [6.45, 7) is 1.52. The average Bonchev–Trinajstić information content (AvgIpc) is 3.10. The molecular weight excluding hydrogens is 401 g/mol. The molecule has 2 aromatic rings. The molecule has 7 nitrogen and oxygen atoms in total. The smallest absolute Gasteiger partial charge is 0.438 e. The van der Waals surface area contributed by atoms with Crippen LogP contribution in [0.4, 0.5) is 13.2 Å². The van der Waals surface area contributed by atoms with E-state index in [-0.39, 0.29) is 28.2 Å². The Labute approximate surface area is 158 Å². The lowest BCUT2D eigenvalue weighted by molar-refractivity contribution is -0.274. The van der Waals surface area contributed by atoms with Crippen molar-refractivity contribution in [2.45, 2.75) is 24.4 Å². The topological polar surface area (TPSA) is 86.8 Å². The molecule has 11 heteroatoms. The van der Waals surface area contributed by atoms with Gasteiger partial charge < -0.3 is 9.47 Å². The number of alkyl halides is 3. The van der Waals surface area contributed by atoms with Gasteiger partial charge in [-0.2, -0.15) is 0 Å². The first kappa shape index (κ1) is 20.0. The molecule has 0 saturated heterocycles. The Kier molecular flexibility index (Phi) is 5.47. The lowest BCUT2D eigenvalue weighted by atomic mass is 10.1. The van der Waals surface area contributed by atoms with Gasteiger partial charge in [0.1, 0.15) is 17.6 Å². The maximum Gasteiger partial charge on any atom is 0.573 e. The second-order valence-electron chi connectivity index (χ2n) is 5.63. The van der Waals surface area contributed by atoms with E-state index >= 15 is 0 Å². The van der Waals surface area contributed by atoms with E-state index < -0.39 is 22.3 Å². The van der Waals surface area contributed by atoms with Gasteiger partial charge in [0.2, 0.25) is 5.88 Å². The van der Waals surface area contributed by atoms with Crippen LogP contribution in [-0.2, 0) is 14.7 Å². The first-order valence-corrected chi connectivity index (χ1v) is 9.67. The summed E-state index contributed by atoms with van der Waals surface area (Å²) in [6.07, 6.45) is -2.52. The third-order valence-electron chi connectivity index (χ3n) is 3.67. The van der Waals surface area contributed by atoms with Crippen molar-refractivity contribution in [3.8, 4) is 11.5 Å². The number of sulfone groups is 1. The number of aromatic nitrogens is 1. The van der Waals surface area contributed by atoms with Crippen molar-refractivity contribution >= 4 is 9.84 Å². The molecular formula is C17H15F3N2O5S. The number of ether oxygens (including phenoxy) is 2. The number of hydroxylamine groups is 1. The van der Waals surface area contributed by atoms with Crippen LogP contribution in [0.5, 0.6) is 11.5 Å². The highest BCUT2D eigenvalue weighted by molar-refractivity contribution is 7.91. The van der Waals surface area contributed by atoms with Crippen molar-refractivity contribution in [1.29, 1.82) is 0 Å². The van der Waals surface area contributed by atoms with Gasteiger partial charge in [-0.3, -0.25) is 4.84 Å². The maximum absolute atomic E-state index is 12.2. The van der Waals surface area contributed by atoms with Gasteiger partial charge in [-0.15, -0.1) is 13.2 Å². The molecule has 1 aromatic heterocycles. The molecule has 1 aromatic carbocycles. The Morgan fingerprint density at radius 2 is 1.82 bits per heavy atom. The van der Waals surface area contributed by atoms with E-state index in [2.05, 4.69) is 15.2 Å². The highest BCUT2D eigenvalue weighted by Crippen LogP contribution is 2.29. The van der Waals surface area contributed by atoms with Crippen LogP contribution < -0.4 is 15.0 Å². The molecule has 1 aliphatic rings. The number of nitrogens with zero attached hydrogens (tertiary/aromatic N) is 1. The molecule has 0 unspecified atom stereocenters. The Morgan fingerprint density at radius 1 is 1.14 bits per heavy atom. The Morgan fingerprint density at radius 3 is 2.39 bits per heavy atom. The summed E-state index contributed by atoms with van der Waals surface area (Å²) in [5.41, 5.74) is 3.12. The number of rotatable bonds is 6. The molecule has 0 spiro atoms. The van der Waals surface area contributed by atoms with E-state index in [4.69, 9.17) is 9.57 Å². The molecule has 0 fully saturated rings. The van der Waals surface area contributed by atoms with Gasteiger partial charge in [-0.1, -0.05) is 19.1 Å². The Hall–Kier alpha value is -2.79. The molecule has 0 saturated carbocycles. The van der Waals surface area contributed by atoms with Crippen LogP contribution in [0.2, 0.25) is 0 Å². The molecule has 0 aliphatic carbocycles. The molecule has 0 amide bonds. The minimum atomic E-state index is -4.76. The average molecular weight is 416 g/mol. The van der Waals surface area contributed by atoms with E-state index in [1.165, 1.54) is 49.5 Å². The van der Waals surface area contributed by atoms with E-state index in [1.54, 1.807) is 6.08 Å². The predicted octanol–water partition coefficient (Wildman–Crippen LogP) is 3.27. The van der Waals surface area contributed by atoms with E-state index in [0.717, 1.165) is 0 Å². The number of hydrogen-bond donors (Lipinski definition) is 1. The summed E-state index contributed by atoms with van der Waals surface area (Å²) >= 11 is 0. The zero-order chi connectivity index (χ0) is 20.4. The standard InChI is InChI=1S/C17H15F3N2O5S/c1-2-28(23,24)16-8-7-13(10-21-16)25-15-9-14(27-22-15)11-3-5-12(6-4-11)26-17(18,19)20/h3-10,14,22H,2H2,1H3/t14-/m0/s1. The molecule has 2 heterocycles. The molecule has 0 radical (unpaired) electrons. The van der Waals surface area contributed by atoms with Crippen molar-refractivity contribution < 1.29 is 35.9 Å². The van der Waals surface area contributed by atoms with Crippen LogP contribution in [0.3, 0.4) is 0 Å². The van der Waals surface area contributed by atoms with Crippen molar-refractivity contribution in [2.75, 3.05) is 5.75 Å². The fourth-order valence-electron chi connectivity index (χ4n) is 2.29. The second-order valence-corrected chi connectivity index (χ2v) is 7.85. The summed E-state index contributed by atoms with van der Waals surface area (Å²) in [6, 6.07) is 8.00. The van der Waals surface area contributed by atoms with E-state index in [1.807, 2.05) is 0 Å². The molecule has 28 heavy (non-hydrogen) atoms. The lowest BCUT2D eigenvalue weighted by Crippen LogP contribution is -2.17. The second kappa shape index (κ2) is 7.68. The summed E-state index contributed by atoms with van der Waals surface area (Å²) in [5.74, 6) is 0.117. The summed E-state index contributed by atoms with van der Waals surface area (Å²) in [5, 5.41) is -0.0500. The molecule has 3 rings (SSSR count). The molecule has 0 bridgehead atoms. The number of hydrogen-bond acceptors (Lipinski definition) is 7. The zero-order valence-corrected chi connectivity index (χ0v) is 15.3. The van der Waals surface area contributed by atoms with Crippen LogP contribution >= 0.6 is 0 Å². The van der Waals surface area contributed by atoms with Crippen LogP contribution in [0.25, 0.3) is 0 Å². The van der Waals surface area contributed by atoms with Crippen LogP contribution in [0, 0.1) is 0 Å². The van der Waals surface area contributed by atoms with Gasteiger partial charge >= 0.3 is 6.36 Å². The van der Waals surface area contributed by atoms with Crippen LogP contribution in [0.1, 0.15) is 18.6 Å². The Balaban J connectivity index is 1.65. The Bertz CT molecular complexity index is 958. The number of benzene rings is 1. The van der Waals surface area contributed by atoms with Gasteiger partial charge in [0, 0.05) is 6.08 Å². The van der Waals surface area contributed by atoms with Crippen molar-refractivity contribution in [2.24, 2.45) is 0 Å². The minimum absolute atomic E-state index is 0.0500. The monoisotopic (exact) mass is 416 g/mol. The molecule has 1 N–H and O–H groups in total. The molecule has 1 atom stereocenters. The zero-order valence-electron chi connectivity index (χ0n) is 14.4. The van der Waals surface area contributed by atoms with Gasteiger partial charge in [0.15, 0.2) is 14.9 Å². The fraction of sp³-hybridized carbons (Fsp3) is 0.235. The third-order valence-corrected chi connectivity index (χ3v) is 5.31. The minimum Gasteiger partial charge on any atom is -0.438 e. The fourth-order valence-corrected chi connectivity index (χ4v) is 3.08. The first-order valence-electron chi connectivity index (χ1n) is 8.02. The molecule has 1 aliphatic heterocycles. The van der Waals surface area contributed by atoms with Crippen LogP contribution in [-0.4, -0.2) is 25.5 Å². The SMILES string of the molecule is CCS(=O)(=O)c1ccc(OC2=C[C@@H](c3ccc(OC(F)(F)F)cc3)ON2)cn1. The van der Waals surface area contributed by atoms with Crippen molar-refractivity contribution in [3.05, 3.63) is 60.1 Å². The highest BCUT2D eigenvalue weighted by Gasteiger charge is 2.31. The third kappa shape index (κ3) is 4.93. The van der Waals surface area contributed by atoms with Crippen molar-refractivity contribution in [1.82, 2.24) is 10.5 Å². The normalized spacial score (nSPS) is 17.0. The van der Waals surface area contributed by atoms with Gasteiger partial charge in [-0.25, -0.2) is 18.9 Å². The van der Waals surface area contributed by atoms with Gasteiger partial charge in [-0.05, 0) is 29.8 Å². The number of pyridine rings is 1. The number of halogens is 3. The van der Waals surface area contributed by atoms with Crippen LogP contribution in [0.15, 0.2) is 59.6 Å². The summed E-state index contributed by atoms with van der Waals surface area (Å²) in [4.78, 5) is 9.18. The van der Waals surface area contributed by atoms with E-state index in [9.17, 15) is 21.6 Å². The summed E-state index contributed by atoms with van der Waals surface area (Å²) in [7, 11) is -3.40. The largest absolute Gasteiger partial charge is 0.573 e. The van der Waals surface area contributed by atoms with E-state index in [0.29, 0.717) is 5.56 Å². The predicted molar refractivity (Wildman–Crippen MR) is 90.8 cm³/mol.